The van der Waals surface area contributed by atoms with Crippen LogP contribution in [0, 0.1) is 5.92 Å². The zero-order chi connectivity index (χ0) is 15.3. The minimum Gasteiger partial charge on any atom is -0.396 e. The summed E-state index contributed by atoms with van der Waals surface area (Å²) in [6, 6.07) is -0.331. The van der Waals surface area contributed by atoms with Crippen LogP contribution in [0.25, 0.3) is 0 Å². The molecule has 3 rings (SSSR count). The van der Waals surface area contributed by atoms with Crippen LogP contribution in [0.15, 0.2) is 16.9 Å². The fourth-order valence-corrected chi connectivity index (χ4v) is 3.30. The molecule has 0 spiro atoms. The highest BCUT2D eigenvalue weighted by molar-refractivity contribution is 6.24. The molecule has 1 fully saturated rings. The third-order valence-electron chi connectivity index (χ3n) is 4.04. The van der Waals surface area contributed by atoms with Crippen LogP contribution >= 0.6 is 11.6 Å². The zero-order valence-electron chi connectivity index (χ0n) is 11.1. The van der Waals surface area contributed by atoms with Crippen LogP contribution in [0.3, 0.4) is 0 Å². The van der Waals surface area contributed by atoms with Crippen molar-refractivity contribution in [2.75, 3.05) is 22.6 Å². The molecule has 6 N–H and O–H groups in total. The van der Waals surface area contributed by atoms with Gasteiger partial charge in [0.25, 0.3) is 5.56 Å². The van der Waals surface area contributed by atoms with Crippen molar-refractivity contribution in [3.05, 3.63) is 22.5 Å². The maximum Gasteiger partial charge on any atom is 0.277 e. The molecule has 21 heavy (non-hydrogen) atoms. The lowest BCUT2D eigenvalue weighted by atomic mass is 10.0. The van der Waals surface area contributed by atoms with Crippen molar-refractivity contribution in [1.82, 2.24) is 9.97 Å². The van der Waals surface area contributed by atoms with Gasteiger partial charge in [-0.05, 0) is 12.0 Å². The molecule has 2 aliphatic rings. The van der Waals surface area contributed by atoms with Crippen molar-refractivity contribution in [2.45, 2.75) is 24.2 Å². The van der Waals surface area contributed by atoms with Gasteiger partial charge in [0.2, 0.25) is 5.95 Å². The van der Waals surface area contributed by atoms with Gasteiger partial charge in [-0.25, -0.2) is 0 Å². The summed E-state index contributed by atoms with van der Waals surface area (Å²) in [4.78, 5) is 20.0. The predicted molar refractivity (Wildman–Crippen MR) is 79.1 cm³/mol. The first kappa shape index (κ1) is 14.2. The maximum absolute atomic E-state index is 11.9. The van der Waals surface area contributed by atoms with Gasteiger partial charge in [0.15, 0.2) is 11.4 Å². The number of anilines is 3. The number of aliphatic hydroxyl groups is 2. The largest absolute Gasteiger partial charge is 0.396 e. The molecule has 0 aromatic carbocycles. The standard InChI is InChI=1S/C12H16ClN5O3/c1-4-5(3-19)7(20)2-6(4)18-9-8(15-11(18)13)10(21)17-12(14)16-9/h5-7,11,15,19-20H,1-3H2,(H3,14,16,17,21)/t5-,6-,7-,11?/m0/s1. The van der Waals surface area contributed by atoms with Crippen molar-refractivity contribution in [3.8, 4) is 0 Å². The first-order valence-corrected chi connectivity index (χ1v) is 6.94. The van der Waals surface area contributed by atoms with Crippen LogP contribution in [0.1, 0.15) is 6.42 Å². The number of nitrogens with zero attached hydrogens (tertiary/aromatic N) is 2. The summed E-state index contributed by atoms with van der Waals surface area (Å²) in [5.41, 5.74) is 5.36. The number of halogens is 1. The molecule has 1 aromatic heterocycles. The Morgan fingerprint density at radius 1 is 1.57 bits per heavy atom. The minimum atomic E-state index is -0.709. The van der Waals surface area contributed by atoms with Crippen molar-refractivity contribution < 1.29 is 10.2 Å². The molecule has 4 atom stereocenters. The first-order chi connectivity index (χ1) is 9.93. The molecule has 2 heterocycles. The van der Waals surface area contributed by atoms with Crippen LogP contribution < -0.4 is 21.5 Å². The average Bonchev–Trinajstić information content (AvgIpc) is 2.87. The van der Waals surface area contributed by atoms with Crippen molar-refractivity contribution in [2.24, 2.45) is 5.92 Å². The fourth-order valence-electron chi connectivity index (χ4n) is 2.97. The minimum absolute atomic E-state index is 0.0146. The van der Waals surface area contributed by atoms with E-state index < -0.39 is 23.2 Å². The van der Waals surface area contributed by atoms with E-state index in [0.717, 1.165) is 0 Å². The summed E-state index contributed by atoms with van der Waals surface area (Å²) in [5.74, 6) is -0.102. The normalized spacial score (nSPS) is 31.4. The number of aromatic nitrogens is 2. The van der Waals surface area contributed by atoms with Crippen molar-refractivity contribution in [1.29, 1.82) is 0 Å². The van der Waals surface area contributed by atoms with Gasteiger partial charge >= 0.3 is 0 Å². The molecule has 1 aromatic rings. The first-order valence-electron chi connectivity index (χ1n) is 6.50. The van der Waals surface area contributed by atoms with Gasteiger partial charge in [-0.15, -0.1) is 0 Å². The second-order valence-electron chi connectivity index (χ2n) is 5.22. The topological polar surface area (TPSA) is 128 Å². The van der Waals surface area contributed by atoms with Gasteiger partial charge in [-0.2, -0.15) is 4.98 Å². The number of nitrogens with one attached hydrogen (secondary N) is 2. The van der Waals surface area contributed by atoms with Gasteiger partial charge in [0.1, 0.15) is 5.69 Å². The summed E-state index contributed by atoms with van der Waals surface area (Å²) in [5, 5.41) is 22.2. The Hall–Kier alpha value is -1.77. The van der Waals surface area contributed by atoms with Gasteiger partial charge in [0.05, 0.1) is 18.8 Å². The third kappa shape index (κ3) is 2.06. The number of hydrogen-bond acceptors (Lipinski definition) is 7. The molecular formula is C12H16ClN5O3. The van der Waals surface area contributed by atoms with E-state index in [4.69, 9.17) is 17.3 Å². The SMILES string of the molecule is C=C1[C@H](CO)[C@@H](O)C[C@@H]1N1c2nc(N)[nH]c(=O)c2NC1Cl. The lowest BCUT2D eigenvalue weighted by Gasteiger charge is -2.29. The zero-order valence-corrected chi connectivity index (χ0v) is 11.8. The fraction of sp³-hybridized carbons (Fsp3) is 0.500. The van der Waals surface area contributed by atoms with Gasteiger partial charge in [0, 0.05) is 5.92 Å². The second kappa shape index (κ2) is 4.90. The maximum atomic E-state index is 11.9. The summed E-state index contributed by atoms with van der Waals surface area (Å²) >= 11 is 6.25. The highest BCUT2D eigenvalue weighted by Crippen LogP contribution is 2.41. The van der Waals surface area contributed by atoms with E-state index in [1.165, 1.54) is 0 Å². The van der Waals surface area contributed by atoms with Gasteiger partial charge in [-0.1, -0.05) is 18.2 Å². The van der Waals surface area contributed by atoms with E-state index in [1.54, 1.807) is 4.90 Å². The Morgan fingerprint density at radius 2 is 2.29 bits per heavy atom. The molecule has 1 aliphatic heterocycles. The Bertz CT molecular complexity index is 648. The Labute approximate surface area is 125 Å². The number of fused-ring (bicyclic) bond motifs is 1. The van der Waals surface area contributed by atoms with Gasteiger partial charge in [-0.3, -0.25) is 9.78 Å². The molecule has 1 unspecified atom stereocenters. The van der Waals surface area contributed by atoms with Crippen LogP contribution in [0.2, 0.25) is 0 Å². The number of nitrogen functional groups attached to an aromatic ring is 1. The lowest BCUT2D eigenvalue weighted by Crippen LogP contribution is -2.40. The van der Waals surface area contributed by atoms with E-state index >= 15 is 0 Å². The number of nitrogens with two attached hydrogens (primary N) is 1. The molecule has 9 heteroatoms. The predicted octanol–water partition coefficient (Wildman–Crippen LogP) is -0.596. The van der Waals surface area contributed by atoms with E-state index in [9.17, 15) is 15.0 Å². The summed E-state index contributed by atoms with van der Waals surface area (Å²) in [7, 11) is 0. The Morgan fingerprint density at radius 3 is 2.90 bits per heavy atom. The molecule has 114 valence electrons. The Balaban J connectivity index is 2.02. The molecule has 1 saturated carbocycles. The van der Waals surface area contributed by atoms with Crippen molar-refractivity contribution in [3.63, 3.8) is 0 Å². The Kier molecular flexibility index (Phi) is 3.31. The molecule has 0 bridgehead atoms. The van der Waals surface area contributed by atoms with E-state index in [1.807, 2.05) is 0 Å². The van der Waals surface area contributed by atoms with Crippen LogP contribution in [-0.2, 0) is 0 Å². The highest BCUT2D eigenvalue weighted by Gasteiger charge is 2.45. The monoisotopic (exact) mass is 313 g/mol. The lowest BCUT2D eigenvalue weighted by molar-refractivity contribution is 0.102. The van der Waals surface area contributed by atoms with Crippen LogP contribution in [0.4, 0.5) is 17.5 Å². The number of aliphatic hydroxyl groups excluding tert-OH is 2. The van der Waals surface area contributed by atoms with Crippen LogP contribution in [0.5, 0.6) is 0 Å². The van der Waals surface area contributed by atoms with Crippen molar-refractivity contribution >= 4 is 29.1 Å². The van der Waals surface area contributed by atoms with E-state index in [0.29, 0.717) is 17.8 Å². The quantitative estimate of drug-likeness (QED) is 0.280. The third-order valence-corrected chi connectivity index (χ3v) is 4.36. The molecule has 8 nitrogen and oxygen atoms in total. The van der Waals surface area contributed by atoms with Gasteiger partial charge < -0.3 is 26.2 Å². The summed E-state index contributed by atoms with van der Waals surface area (Å²) in [6.07, 6.45) is -0.359. The molecular weight excluding hydrogens is 298 g/mol. The number of alkyl halides is 1. The van der Waals surface area contributed by atoms with Crippen LogP contribution in [-0.4, -0.2) is 44.6 Å². The van der Waals surface area contributed by atoms with E-state index in [2.05, 4.69) is 21.9 Å². The highest BCUT2D eigenvalue weighted by atomic mass is 35.5. The summed E-state index contributed by atoms with van der Waals surface area (Å²) < 4.78 is 0. The average molecular weight is 314 g/mol. The molecule has 0 radical (unpaired) electrons. The molecule has 0 saturated heterocycles. The number of H-pyrrole nitrogens is 1. The smallest absolute Gasteiger partial charge is 0.277 e. The summed E-state index contributed by atoms with van der Waals surface area (Å²) in [6.45, 7) is 3.75. The molecule has 0 amide bonds. The number of aromatic amines is 1. The second-order valence-corrected chi connectivity index (χ2v) is 5.63. The number of hydrogen-bond donors (Lipinski definition) is 5. The molecule has 1 aliphatic carbocycles. The number of rotatable bonds is 2. The van der Waals surface area contributed by atoms with E-state index in [-0.39, 0.29) is 24.3 Å².